The molecule has 1 aliphatic carbocycles. The fourth-order valence-electron chi connectivity index (χ4n) is 3.55. The molecule has 0 aliphatic heterocycles. The van der Waals surface area contributed by atoms with Gasteiger partial charge in [0, 0.05) is 5.56 Å². The third-order valence-corrected chi connectivity index (χ3v) is 6.07. The Balaban J connectivity index is 1.80. The molecule has 0 saturated heterocycles. The van der Waals surface area contributed by atoms with Crippen molar-refractivity contribution in [3.63, 3.8) is 0 Å². The van der Waals surface area contributed by atoms with E-state index in [1.165, 1.54) is 18.6 Å². The highest BCUT2D eigenvalue weighted by molar-refractivity contribution is 7.92. The number of carbonyl (C=O) groups is 2. The van der Waals surface area contributed by atoms with Crippen molar-refractivity contribution in [3.8, 4) is 0 Å². The van der Waals surface area contributed by atoms with Crippen LogP contribution in [0.5, 0.6) is 0 Å². The Morgan fingerprint density at radius 3 is 2.61 bits per heavy atom. The fourth-order valence-corrected chi connectivity index (χ4v) is 4.40. The zero-order valence-electron chi connectivity index (χ0n) is 16.0. The van der Waals surface area contributed by atoms with Gasteiger partial charge in [-0.25, -0.2) is 8.42 Å². The van der Waals surface area contributed by atoms with Gasteiger partial charge in [-0.1, -0.05) is 36.4 Å². The molecule has 1 amide bonds. The number of sulfonamides is 1. The number of benzene rings is 2. The SMILES string of the molecule is CC(=O)c1cccc(N(CC(=O)NC2CCCc3ccccc32)S(C)(=O)=O)c1. The first kappa shape index (κ1) is 20.1. The summed E-state index contributed by atoms with van der Waals surface area (Å²) in [4.78, 5) is 24.3. The van der Waals surface area contributed by atoms with Crippen LogP contribution in [0.3, 0.4) is 0 Å². The minimum atomic E-state index is -3.70. The second-order valence-electron chi connectivity index (χ2n) is 7.09. The molecule has 2 aromatic carbocycles. The van der Waals surface area contributed by atoms with E-state index < -0.39 is 10.0 Å². The summed E-state index contributed by atoms with van der Waals surface area (Å²) in [6.07, 6.45) is 3.83. The summed E-state index contributed by atoms with van der Waals surface area (Å²) in [6, 6.07) is 14.2. The number of fused-ring (bicyclic) bond motifs is 1. The van der Waals surface area contributed by atoms with E-state index in [1.54, 1.807) is 18.2 Å². The number of hydrogen-bond acceptors (Lipinski definition) is 4. The number of hydrogen-bond donors (Lipinski definition) is 1. The van der Waals surface area contributed by atoms with E-state index in [9.17, 15) is 18.0 Å². The van der Waals surface area contributed by atoms with Crippen LogP contribution in [-0.2, 0) is 21.2 Å². The molecule has 1 N–H and O–H groups in total. The summed E-state index contributed by atoms with van der Waals surface area (Å²) in [6.45, 7) is 1.08. The van der Waals surface area contributed by atoms with Crippen molar-refractivity contribution in [1.29, 1.82) is 0 Å². The highest BCUT2D eigenvalue weighted by Gasteiger charge is 2.25. The number of nitrogens with one attached hydrogen (secondary N) is 1. The van der Waals surface area contributed by atoms with Crippen molar-refractivity contribution in [1.82, 2.24) is 5.32 Å². The van der Waals surface area contributed by atoms with Gasteiger partial charge in [0.05, 0.1) is 18.0 Å². The number of ketones is 1. The summed E-state index contributed by atoms with van der Waals surface area (Å²) < 4.78 is 25.6. The van der Waals surface area contributed by atoms with Crippen LogP contribution in [0.4, 0.5) is 5.69 Å². The molecule has 6 nitrogen and oxygen atoms in total. The van der Waals surface area contributed by atoms with Gasteiger partial charge in [-0.2, -0.15) is 0 Å². The molecule has 0 radical (unpaired) electrons. The van der Waals surface area contributed by atoms with Crippen molar-refractivity contribution < 1.29 is 18.0 Å². The van der Waals surface area contributed by atoms with E-state index in [0.29, 0.717) is 11.3 Å². The standard InChI is InChI=1S/C21H24N2O4S/c1-15(24)17-9-5-10-18(13-17)23(28(2,26)27)14-21(25)22-20-12-6-8-16-7-3-4-11-19(16)20/h3-5,7,9-11,13,20H,6,8,12,14H2,1-2H3,(H,22,25). The summed E-state index contributed by atoms with van der Waals surface area (Å²) >= 11 is 0. The number of carbonyl (C=O) groups excluding carboxylic acids is 2. The second-order valence-corrected chi connectivity index (χ2v) is 8.99. The molecule has 0 bridgehead atoms. The van der Waals surface area contributed by atoms with Gasteiger partial charge in [0.2, 0.25) is 15.9 Å². The van der Waals surface area contributed by atoms with Gasteiger partial charge in [-0.15, -0.1) is 0 Å². The van der Waals surface area contributed by atoms with Crippen LogP contribution in [0, 0.1) is 0 Å². The summed E-state index contributed by atoms with van der Waals surface area (Å²) in [5.74, 6) is -0.543. The van der Waals surface area contributed by atoms with Gasteiger partial charge in [-0.05, 0) is 49.4 Å². The minimum Gasteiger partial charge on any atom is -0.348 e. The van der Waals surface area contributed by atoms with Crippen LogP contribution in [0.25, 0.3) is 0 Å². The highest BCUT2D eigenvalue weighted by Crippen LogP contribution is 2.29. The molecule has 1 unspecified atom stereocenters. The van der Waals surface area contributed by atoms with Crippen LogP contribution in [0.15, 0.2) is 48.5 Å². The van der Waals surface area contributed by atoms with E-state index in [1.807, 2.05) is 18.2 Å². The van der Waals surface area contributed by atoms with E-state index >= 15 is 0 Å². The quantitative estimate of drug-likeness (QED) is 0.756. The maximum atomic E-state index is 12.7. The maximum absolute atomic E-state index is 12.7. The topological polar surface area (TPSA) is 83.6 Å². The van der Waals surface area contributed by atoms with Crippen LogP contribution in [0.2, 0.25) is 0 Å². The Morgan fingerprint density at radius 2 is 1.89 bits per heavy atom. The monoisotopic (exact) mass is 400 g/mol. The zero-order valence-corrected chi connectivity index (χ0v) is 16.8. The third-order valence-electron chi connectivity index (χ3n) is 4.93. The van der Waals surface area contributed by atoms with Crippen LogP contribution in [-0.4, -0.2) is 32.9 Å². The van der Waals surface area contributed by atoms with Gasteiger partial charge >= 0.3 is 0 Å². The predicted octanol–water partition coefficient (Wildman–Crippen LogP) is 2.85. The normalized spacial score (nSPS) is 16.1. The van der Waals surface area contributed by atoms with Crippen molar-refractivity contribution in [2.24, 2.45) is 0 Å². The molecule has 148 valence electrons. The molecule has 7 heteroatoms. The summed E-state index contributed by atoms with van der Waals surface area (Å²) in [7, 11) is -3.70. The molecule has 0 fully saturated rings. The molecule has 3 rings (SSSR count). The molecule has 0 aromatic heterocycles. The summed E-state index contributed by atoms with van der Waals surface area (Å²) in [5.41, 5.74) is 3.00. The molecule has 1 aliphatic rings. The fraction of sp³-hybridized carbons (Fsp3) is 0.333. The van der Waals surface area contributed by atoms with Crippen LogP contribution >= 0.6 is 0 Å². The molecule has 28 heavy (non-hydrogen) atoms. The predicted molar refractivity (Wildman–Crippen MR) is 109 cm³/mol. The van der Waals surface area contributed by atoms with Gasteiger partial charge in [0.15, 0.2) is 5.78 Å². The lowest BCUT2D eigenvalue weighted by Gasteiger charge is -2.28. The lowest BCUT2D eigenvalue weighted by molar-refractivity contribution is -0.120. The van der Waals surface area contributed by atoms with Crippen molar-refractivity contribution in [2.45, 2.75) is 32.2 Å². The van der Waals surface area contributed by atoms with Crippen molar-refractivity contribution in [3.05, 3.63) is 65.2 Å². The second kappa shape index (κ2) is 8.14. The van der Waals surface area contributed by atoms with Gasteiger partial charge in [-0.3, -0.25) is 13.9 Å². The number of amides is 1. The minimum absolute atomic E-state index is 0.123. The summed E-state index contributed by atoms with van der Waals surface area (Å²) in [5, 5.41) is 2.97. The van der Waals surface area contributed by atoms with E-state index in [-0.39, 0.29) is 24.3 Å². The molecular formula is C21H24N2O4S. The van der Waals surface area contributed by atoms with Crippen molar-refractivity contribution >= 4 is 27.4 Å². The average molecular weight is 401 g/mol. The molecular weight excluding hydrogens is 376 g/mol. The van der Waals surface area contributed by atoms with Crippen LogP contribution in [0.1, 0.15) is 47.3 Å². The molecule has 0 heterocycles. The van der Waals surface area contributed by atoms with E-state index in [4.69, 9.17) is 0 Å². The van der Waals surface area contributed by atoms with Gasteiger partial charge in [0.25, 0.3) is 0 Å². The first-order valence-electron chi connectivity index (χ1n) is 9.21. The number of anilines is 1. The number of nitrogens with zero attached hydrogens (tertiary/aromatic N) is 1. The van der Waals surface area contributed by atoms with Gasteiger partial charge in [0.1, 0.15) is 6.54 Å². The number of aryl methyl sites for hydroxylation is 1. The molecule has 0 saturated carbocycles. The maximum Gasteiger partial charge on any atom is 0.241 e. The van der Waals surface area contributed by atoms with Crippen molar-refractivity contribution in [2.75, 3.05) is 17.1 Å². The lowest BCUT2D eigenvalue weighted by Crippen LogP contribution is -2.42. The van der Waals surface area contributed by atoms with E-state index in [0.717, 1.165) is 35.4 Å². The Bertz CT molecular complexity index is 1000. The Kier molecular flexibility index (Phi) is 5.84. The van der Waals surface area contributed by atoms with Gasteiger partial charge < -0.3 is 5.32 Å². The average Bonchev–Trinajstić information content (AvgIpc) is 2.65. The van der Waals surface area contributed by atoms with E-state index in [2.05, 4.69) is 11.4 Å². The smallest absolute Gasteiger partial charge is 0.241 e. The molecule has 1 atom stereocenters. The van der Waals surface area contributed by atoms with Crippen LogP contribution < -0.4 is 9.62 Å². The molecule has 2 aromatic rings. The Morgan fingerprint density at radius 1 is 1.14 bits per heavy atom. The Labute approximate surface area is 165 Å². The number of rotatable bonds is 6. The highest BCUT2D eigenvalue weighted by atomic mass is 32.2. The third kappa shape index (κ3) is 4.59. The largest absolute Gasteiger partial charge is 0.348 e. The first-order chi connectivity index (χ1) is 13.3. The zero-order chi connectivity index (χ0) is 20.3. The Hall–Kier alpha value is -2.67. The first-order valence-corrected chi connectivity index (χ1v) is 11.1. The number of Topliss-reactive ketones (excluding diaryl/α,β-unsaturated/α-hetero) is 1. The molecule has 0 spiro atoms. The lowest BCUT2D eigenvalue weighted by atomic mass is 9.88.